The number of aromatic nitrogens is 1. The highest BCUT2D eigenvalue weighted by Gasteiger charge is 2.63. The number of pyridine rings is 1. The molecule has 2 heterocycles. The number of hydrogen-bond acceptors (Lipinski definition) is 5. The van der Waals surface area contributed by atoms with E-state index in [1.54, 1.807) is 0 Å². The van der Waals surface area contributed by atoms with Gasteiger partial charge in [-0.15, -0.1) is 12.4 Å². The fourth-order valence-electron chi connectivity index (χ4n) is 3.94. The fraction of sp³-hybridized carbons (Fsp3) is 0.684. The first kappa shape index (κ1) is 21.1. The molecule has 1 saturated heterocycles. The van der Waals surface area contributed by atoms with E-state index in [2.05, 4.69) is 23.7 Å². The average Bonchev–Trinajstić information content (AvgIpc) is 2.62. The van der Waals surface area contributed by atoms with E-state index in [1.165, 1.54) is 5.56 Å². The molecule has 1 aliphatic carbocycles. The van der Waals surface area contributed by atoms with Gasteiger partial charge < -0.3 is 15.4 Å². The van der Waals surface area contributed by atoms with E-state index in [0.717, 1.165) is 32.7 Å². The summed E-state index contributed by atoms with van der Waals surface area (Å²) < 4.78 is 5.75. The Hall–Kier alpha value is -1.21. The largest absolute Gasteiger partial charge is 0.378 e. The minimum atomic E-state index is -0.805. The number of ether oxygens (including phenoxy) is 1. The van der Waals surface area contributed by atoms with Crippen molar-refractivity contribution in [1.82, 2.24) is 14.8 Å². The molecule has 1 aromatic rings. The standard InChI is InChI=1S/C19H30N4O2.ClH/c1-4-25-16-13-19(20,18(16,2)3)17(24)23-11-9-22(10-12-23)14-15-5-7-21-8-6-15;/h5-8,16H,4,9-14,20H2,1-3H3;1H. The van der Waals surface area contributed by atoms with Crippen molar-refractivity contribution in [3.05, 3.63) is 30.1 Å². The number of piperazine rings is 1. The van der Waals surface area contributed by atoms with Crippen LogP contribution in [-0.4, -0.2) is 65.1 Å². The van der Waals surface area contributed by atoms with Gasteiger partial charge in [0, 0.05) is 63.6 Å². The number of nitrogens with two attached hydrogens (primary N) is 1. The highest BCUT2D eigenvalue weighted by atomic mass is 35.5. The Morgan fingerprint density at radius 1 is 1.27 bits per heavy atom. The lowest BCUT2D eigenvalue weighted by Crippen LogP contribution is -2.76. The SMILES string of the molecule is CCOC1CC(N)(C(=O)N2CCN(Cc3ccncc3)CC2)C1(C)C.Cl. The van der Waals surface area contributed by atoms with Crippen LogP contribution in [0.15, 0.2) is 24.5 Å². The molecule has 0 radical (unpaired) electrons. The van der Waals surface area contributed by atoms with Crippen molar-refractivity contribution in [1.29, 1.82) is 0 Å². The second kappa shape index (κ2) is 8.21. The van der Waals surface area contributed by atoms with E-state index < -0.39 is 5.54 Å². The number of amides is 1. The molecule has 3 rings (SSSR count). The maximum absolute atomic E-state index is 13.1. The van der Waals surface area contributed by atoms with E-state index in [1.807, 2.05) is 36.4 Å². The minimum Gasteiger partial charge on any atom is -0.378 e. The molecule has 0 aromatic carbocycles. The van der Waals surface area contributed by atoms with Gasteiger partial charge in [0.15, 0.2) is 0 Å². The van der Waals surface area contributed by atoms with Crippen molar-refractivity contribution in [3.8, 4) is 0 Å². The van der Waals surface area contributed by atoms with Gasteiger partial charge in [-0.2, -0.15) is 0 Å². The number of hydrogen-bond donors (Lipinski definition) is 1. The van der Waals surface area contributed by atoms with Crippen LogP contribution in [0.1, 0.15) is 32.8 Å². The van der Waals surface area contributed by atoms with Crippen LogP contribution in [0.25, 0.3) is 0 Å². The van der Waals surface area contributed by atoms with Gasteiger partial charge in [-0.3, -0.25) is 14.7 Å². The Kier molecular flexibility index (Phi) is 6.66. The quantitative estimate of drug-likeness (QED) is 0.838. The number of carbonyl (C=O) groups is 1. The van der Waals surface area contributed by atoms with Crippen LogP contribution < -0.4 is 5.73 Å². The number of nitrogens with zero attached hydrogens (tertiary/aromatic N) is 3. The highest BCUT2D eigenvalue weighted by molar-refractivity contribution is 5.89. The summed E-state index contributed by atoms with van der Waals surface area (Å²) in [7, 11) is 0. The third-order valence-electron chi connectivity index (χ3n) is 6.03. The summed E-state index contributed by atoms with van der Waals surface area (Å²) in [6.07, 6.45) is 4.32. The Bertz CT molecular complexity index is 605. The van der Waals surface area contributed by atoms with Gasteiger partial charge in [-0.25, -0.2) is 0 Å². The van der Waals surface area contributed by atoms with Crippen molar-refractivity contribution in [2.75, 3.05) is 32.8 Å². The third kappa shape index (κ3) is 3.74. The van der Waals surface area contributed by atoms with Crippen LogP contribution in [-0.2, 0) is 16.1 Å². The maximum atomic E-state index is 13.1. The van der Waals surface area contributed by atoms with Gasteiger partial charge in [0.1, 0.15) is 5.54 Å². The molecule has 2 atom stereocenters. The summed E-state index contributed by atoms with van der Waals surface area (Å²) in [5.41, 5.74) is 6.67. The van der Waals surface area contributed by atoms with Crippen LogP contribution in [0.5, 0.6) is 0 Å². The molecule has 26 heavy (non-hydrogen) atoms. The smallest absolute Gasteiger partial charge is 0.243 e. The summed E-state index contributed by atoms with van der Waals surface area (Å²) >= 11 is 0. The lowest BCUT2D eigenvalue weighted by molar-refractivity contribution is -0.180. The predicted octanol–water partition coefficient (Wildman–Crippen LogP) is 1.68. The molecule has 2 unspecified atom stereocenters. The third-order valence-corrected chi connectivity index (χ3v) is 6.03. The summed E-state index contributed by atoms with van der Waals surface area (Å²) in [6, 6.07) is 4.08. The molecule has 0 spiro atoms. The van der Waals surface area contributed by atoms with Gasteiger partial charge in [-0.05, 0) is 24.6 Å². The van der Waals surface area contributed by atoms with E-state index in [9.17, 15) is 4.79 Å². The minimum absolute atomic E-state index is 0. The second-order valence-corrected chi connectivity index (χ2v) is 7.76. The molecule has 2 fully saturated rings. The summed E-state index contributed by atoms with van der Waals surface area (Å²) in [4.78, 5) is 21.4. The molecule has 1 aromatic heterocycles. The molecule has 1 amide bonds. The molecule has 6 nitrogen and oxygen atoms in total. The zero-order valence-corrected chi connectivity index (χ0v) is 16.8. The normalized spacial score (nSPS) is 28.2. The van der Waals surface area contributed by atoms with Crippen LogP contribution in [0.2, 0.25) is 0 Å². The van der Waals surface area contributed by atoms with E-state index in [4.69, 9.17) is 10.5 Å². The Morgan fingerprint density at radius 3 is 2.42 bits per heavy atom. The first-order valence-electron chi connectivity index (χ1n) is 9.19. The van der Waals surface area contributed by atoms with Crippen LogP contribution in [0, 0.1) is 5.41 Å². The second-order valence-electron chi connectivity index (χ2n) is 7.76. The number of rotatable bonds is 5. The highest BCUT2D eigenvalue weighted by Crippen LogP contribution is 2.50. The van der Waals surface area contributed by atoms with Crippen molar-refractivity contribution in [3.63, 3.8) is 0 Å². The van der Waals surface area contributed by atoms with Crippen LogP contribution in [0.4, 0.5) is 0 Å². The molecule has 0 bridgehead atoms. The monoisotopic (exact) mass is 382 g/mol. The molecular formula is C19H31ClN4O2. The van der Waals surface area contributed by atoms with E-state index >= 15 is 0 Å². The van der Waals surface area contributed by atoms with Crippen molar-refractivity contribution in [2.45, 2.75) is 45.4 Å². The van der Waals surface area contributed by atoms with Crippen LogP contribution >= 0.6 is 12.4 Å². The Morgan fingerprint density at radius 2 is 1.88 bits per heavy atom. The summed E-state index contributed by atoms with van der Waals surface area (Å²) in [5, 5.41) is 0. The number of carbonyl (C=O) groups excluding carboxylic acids is 1. The van der Waals surface area contributed by atoms with Crippen molar-refractivity contribution >= 4 is 18.3 Å². The van der Waals surface area contributed by atoms with Gasteiger partial charge in [0.25, 0.3) is 0 Å². The van der Waals surface area contributed by atoms with Crippen molar-refractivity contribution in [2.24, 2.45) is 11.1 Å². The van der Waals surface area contributed by atoms with Crippen molar-refractivity contribution < 1.29 is 9.53 Å². The lowest BCUT2D eigenvalue weighted by Gasteiger charge is -2.59. The molecule has 1 aliphatic heterocycles. The molecule has 1 saturated carbocycles. The van der Waals surface area contributed by atoms with Crippen LogP contribution in [0.3, 0.4) is 0 Å². The number of halogens is 1. The molecule has 2 N–H and O–H groups in total. The summed E-state index contributed by atoms with van der Waals surface area (Å²) in [6.45, 7) is 10.9. The van der Waals surface area contributed by atoms with Gasteiger partial charge in [0.05, 0.1) is 6.10 Å². The summed E-state index contributed by atoms with van der Waals surface area (Å²) in [5.74, 6) is 0.0806. The average molecular weight is 383 g/mol. The topological polar surface area (TPSA) is 71.7 Å². The lowest BCUT2D eigenvalue weighted by atomic mass is 9.54. The van der Waals surface area contributed by atoms with Gasteiger partial charge in [0.2, 0.25) is 5.91 Å². The molecule has 7 heteroatoms. The fourth-order valence-corrected chi connectivity index (χ4v) is 3.94. The Balaban J connectivity index is 0.00000243. The van der Waals surface area contributed by atoms with E-state index in [0.29, 0.717) is 13.0 Å². The zero-order chi connectivity index (χ0) is 18.1. The molecular weight excluding hydrogens is 352 g/mol. The first-order valence-corrected chi connectivity index (χ1v) is 9.19. The molecule has 2 aliphatic rings. The maximum Gasteiger partial charge on any atom is 0.243 e. The Labute approximate surface area is 162 Å². The van der Waals surface area contributed by atoms with Gasteiger partial charge in [-0.1, -0.05) is 13.8 Å². The zero-order valence-electron chi connectivity index (χ0n) is 16.0. The molecule has 146 valence electrons. The van der Waals surface area contributed by atoms with Gasteiger partial charge >= 0.3 is 0 Å². The predicted molar refractivity (Wildman–Crippen MR) is 104 cm³/mol. The first-order chi connectivity index (χ1) is 11.9. The van der Waals surface area contributed by atoms with E-state index in [-0.39, 0.29) is 29.8 Å².